The molecule has 1 aromatic heterocycles. The van der Waals surface area contributed by atoms with E-state index >= 15 is 0 Å². The molecule has 9 nitrogen and oxygen atoms in total. The number of hydrogen-bond acceptors (Lipinski definition) is 6. The number of methoxy groups -OCH3 is 2. The number of aromatic nitrogens is 2. The fourth-order valence-corrected chi connectivity index (χ4v) is 3.60. The number of fused-ring (bicyclic) bond motifs is 1. The fraction of sp³-hybridized carbons (Fsp3) is 0.500. The first-order valence-corrected chi connectivity index (χ1v) is 10.5. The smallest absolute Gasteiger partial charge is 0.490 e. The van der Waals surface area contributed by atoms with E-state index in [1.807, 2.05) is 24.4 Å². The number of para-hydroxylation sites is 1. The molecule has 1 unspecified atom stereocenters. The van der Waals surface area contributed by atoms with E-state index in [0.717, 1.165) is 38.3 Å². The Balaban J connectivity index is 0.000000509. The topological polar surface area (TPSA) is 106 Å². The molecule has 0 saturated carbocycles. The molecule has 1 aliphatic rings. The van der Waals surface area contributed by atoms with Crippen LogP contribution in [0.25, 0.3) is 0 Å². The lowest BCUT2D eigenvalue weighted by atomic mass is 10.0. The Morgan fingerprint density at radius 3 is 2.56 bits per heavy atom. The lowest BCUT2D eigenvalue weighted by molar-refractivity contribution is -0.192. The standard InChI is InChI=1S/C20H28N4O3.C2HF3O2/c1-26-15-20(25)21-9-7-16-11-23(14-18-8-10-22-24(18)12-16)13-17-5-3-4-6-19(17)27-2;3-2(4,5)1(6)7/h3-6,8,10,16H,7,9,11-15H2,1-2H3,(H,21,25);(H,6,7). The molecule has 1 atom stereocenters. The number of nitrogens with one attached hydrogen (secondary N) is 1. The van der Waals surface area contributed by atoms with Gasteiger partial charge in [-0.3, -0.25) is 14.4 Å². The van der Waals surface area contributed by atoms with E-state index in [1.165, 1.54) is 18.4 Å². The summed E-state index contributed by atoms with van der Waals surface area (Å²) in [7, 11) is 3.24. The van der Waals surface area contributed by atoms with Crippen LogP contribution in [0.2, 0.25) is 0 Å². The molecule has 2 aromatic rings. The van der Waals surface area contributed by atoms with Gasteiger partial charge >= 0.3 is 12.1 Å². The van der Waals surface area contributed by atoms with Gasteiger partial charge in [0.2, 0.25) is 5.91 Å². The molecule has 2 heterocycles. The number of ether oxygens (including phenoxy) is 2. The van der Waals surface area contributed by atoms with Crippen LogP contribution in [-0.4, -0.2) is 71.8 Å². The van der Waals surface area contributed by atoms with Gasteiger partial charge < -0.3 is 19.9 Å². The zero-order valence-corrected chi connectivity index (χ0v) is 19.0. The Labute approximate surface area is 195 Å². The molecule has 0 bridgehead atoms. The lowest BCUT2D eigenvalue weighted by Crippen LogP contribution is -2.32. The number of benzene rings is 1. The minimum Gasteiger partial charge on any atom is -0.496 e. The molecule has 0 aliphatic carbocycles. The summed E-state index contributed by atoms with van der Waals surface area (Å²) in [4.78, 5) is 22.9. The van der Waals surface area contributed by atoms with Crippen LogP contribution in [-0.2, 0) is 34.0 Å². The maximum absolute atomic E-state index is 11.6. The Morgan fingerprint density at radius 2 is 1.91 bits per heavy atom. The SMILES string of the molecule is COCC(=O)NCCC1CN(Cc2ccccc2OC)Cc2ccnn2C1.O=C(O)C(F)(F)F. The largest absolute Gasteiger partial charge is 0.496 e. The van der Waals surface area contributed by atoms with Crippen LogP contribution in [0.3, 0.4) is 0 Å². The van der Waals surface area contributed by atoms with Crippen LogP contribution in [0, 0.1) is 5.92 Å². The van der Waals surface area contributed by atoms with E-state index in [2.05, 4.69) is 32.1 Å². The van der Waals surface area contributed by atoms with Gasteiger partial charge in [0.25, 0.3) is 0 Å². The van der Waals surface area contributed by atoms with Crippen molar-refractivity contribution in [1.82, 2.24) is 20.0 Å². The molecule has 34 heavy (non-hydrogen) atoms. The van der Waals surface area contributed by atoms with Gasteiger partial charge in [-0.2, -0.15) is 18.3 Å². The van der Waals surface area contributed by atoms with Crippen molar-refractivity contribution in [2.45, 2.75) is 32.2 Å². The number of alkyl halides is 3. The average Bonchev–Trinajstić information content (AvgIpc) is 3.13. The quantitative estimate of drug-likeness (QED) is 0.590. The average molecular weight is 486 g/mol. The second kappa shape index (κ2) is 12.9. The van der Waals surface area contributed by atoms with Crippen molar-refractivity contribution in [2.75, 3.05) is 33.9 Å². The van der Waals surface area contributed by atoms with Crippen LogP contribution in [0.1, 0.15) is 17.7 Å². The molecule has 3 rings (SSSR count). The second-order valence-electron chi connectivity index (χ2n) is 7.73. The van der Waals surface area contributed by atoms with Crippen molar-refractivity contribution in [2.24, 2.45) is 5.92 Å². The van der Waals surface area contributed by atoms with Crippen LogP contribution >= 0.6 is 0 Å². The molecule has 0 fully saturated rings. The van der Waals surface area contributed by atoms with Crippen molar-refractivity contribution < 1.29 is 37.3 Å². The first-order valence-electron chi connectivity index (χ1n) is 10.5. The molecule has 0 radical (unpaired) electrons. The Hall–Kier alpha value is -3.12. The summed E-state index contributed by atoms with van der Waals surface area (Å²) in [6.45, 7) is 4.23. The first-order chi connectivity index (χ1) is 16.1. The molecule has 0 spiro atoms. The number of amides is 1. The molecule has 12 heteroatoms. The summed E-state index contributed by atoms with van der Waals surface area (Å²) < 4.78 is 44.2. The number of aliphatic carboxylic acids is 1. The van der Waals surface area contributed by atoms with E-state index in [1.54, 1.807) is 7.11 Å². The predicted molar refractivity (Wildman–Crippen MR) is 116 cm³/mol. The van der Waals surface area contributed by atoms with Crippen LogP contribution in [0.5, 0.6) is 5.75 Å². The van der Waals surface area contributed by atoms with E-state index in [9.17, 15) is 18.0 Å². The van der Waals surface area contributed by atoms with Gasteiger partial charge in [0.15, 0.2) is 0 Å². The lowest BCUT2D eigenvalue weighted by Gasteiger charge is -2.24. The van der Waals surface area contributed by atoms with Gasteiger partial charge in [-0.05, 0) is 24.5 Å². The van der Waals surface area contributed by atoms with Crippen molar-refractivity contribution >= 4 is 11.9 Å². The zero-order chi connectivity index (χ0) is 25.1. The molecule has 188 valence electrons. The van der Waals surface area contributed by atoms with Gasteiger partial charge in [-0.25, -0.2) is 4.79 Å². The Kier molecular flexibility index (Phi) is 10.3. The number of carbonyl (C=O) groups is 2. The van der Waals surface area contributed by atoms with Crippen LogP contribution in [0.15, 0.2) is 36.5 Å². The third-order valence-corrected chi connectivity index (χ3v) is 5.12. The molecular formula is C22H29F3N4O5. The van der Waals surface area contributed by atoms with E-state index in [-0.39, 0.29) is 12.5 Å². The Bertz CT molecular complexity index is 935. The third kappa shape index (κ3) is 8.67. The molecule has 1 amide bonds. The number of rotatable bonds is 8. The zero-order valence-electron chi connectivity index (χ0n) is 19.0. The number of hydrogen-bond donors (Lipinski definition) is 2. The van der Waals surface area contributed by atoms with E-state index in [0.29, 0.717) is 12.5 Å². The van der Waals surface area contributed by atoms with Gasteiger partial charge in [0, 0.05) is 51.6 Å². The van der Waals surface area contributed by atoms with E-state index < -0.39 is 12.1 Å². The van der Waals surface area contributed by atoms with Crippen molar-refractivity contribution in [3.63, 3.8) is 0 Å². The molecule has 1 aliphatic heterocycles. The van der Waals surface area contributed by atoms with Gasteiger partial charge in [0.1, 0.15) is 12.4 Å². The normalized spacial score (nSPS) is 16.0. The van der Waals surface area contributed by atoms with Crippen molar-refractivity contribution in [1.29, 1.82) is 0 Å². The van der Waals surface area contributed by atoms with Gasteiger partial charge in [-0.1, -0.05) is 18.2 Å². The van der Waals surface area contributed by atoms with Crippen LogP contribution in [0.4, 0.5) is 13.2 Å². The van der Waals surface area contributed by atoms with Crippen LogP contribution < -0.4 is 10.1 Å². The maximum atomic E-state index is 11.6. The number of halogens is 3. The summed E-state index contributed by atoms with van der Waals surface area (Å²) in [6.07, 6.45) is -2.32. The maximum Gasteiger partial charge on any atom is 0.490 e. The fourth-order valence-electron chi connectivity index (χ4n) is 3.60. The predicted octanol–water partition coefficient (Wildman–Crippen LogP) is 2.31. The number of nitrogens with zero attached hydrogens (tertiary/aromatic N) is 3. The third-order valence-electron chi connectivity index (χ3n) is 5.12. The molecule has 0 saturated heterocycles. The molecule has 1 aromatic carbocycles. The minimum atomic E-state index is -5.08. The molecule has 2 N–H and O–H groups in total. The monoisotopic (exact) mass is 486 g/mol. The summed E-state index contributed by atoms with van der Waals surface area (Å²) in [6, 6.07) is 10.2. The highest BCUT2D eigenvalue weighted by atomic mass is 19.4. The first kappa shape index (κ1) is 27.1. The van der Waals surface area contributed by atoms with Gasteiger partial charge in [0.05, 0.1) is 12.8 Å². The number of carboxylic acids is 1. The second-order valence-corrected chi connectivity index (χ2v) is 7.73. The highest BCUT2D eigenvalue weighted by molar-refractivity contribution is 5.77. The van der Waals surface area contributed by atoms with Crippen molar-refractivity contribution in [3.05, 3.63) is 47.8 Å². The van der Waals surface area contributed by atoms with Gasteiger partial charge in [-0.15, -0.1) is 0 Å². The summed E-state index contributed by atoms with van der Waals surface area (Å²) >= 11 is 0. The number of carboxylic acid groups (broad SMARTS) is 1. The summed E-state index contributed by atoms with van der Waals surface area (Å²) in [5, 5.41) is 14.5. The van der Waals surface area contributed by atoms with E-state index in [4.69, 9.17) is 19.4 Å². The van der Waals surface area contributed by atoms with Crippen molar-refractivity contribution in [3.8, 4) is 5.75 Å². The highest BCUT2D eigenvalue weighted by Gasteiger charge is 2.38. The molecular weight excluding hydrogens is 457 g/mol. The minimum absolute atomic E-state index is 0.0724. The number of carbonyl (C=O) groups excluding carboxylic acids is 1. The summed E-state index contributed by atoms with van der Waals surface area (Å²) in [5.41, 5.74) is 2.40. The Morgan fingerprint density at radius 1 is 1.21 bits per heavy atom. The highest BCUT2D eigenvalue weighted by Crippen LogP contribution is 2.24. The summed E-state index contributed by atoms with van der Waals surface area (Å²) in [5.74, 6) is -1.51.